The quantitative estimate of drug-likeness (QED) is 0.844. The first-order chi connectivity index (χ1) is 13.1. The third-order valence-corrected chi connectivity index (χ3v) is 4.61. The van der Waals surface area contributed by atoms with E-state index in [2.05, 4.69) is 39.2 Å². The summed E-state index contributed by atoms with van der Waals surface area (Å²) in [4.78, 5) is 25.8. The Hall–Kier alpha value is -2.83. The second kappa shape index (κ2) is 8.70. The molecule has 7 nitrogen and oxygen atoms in total. The highest BCUT2D eigenvalue weighted by Gasteiger charge is 2.24. The summed E-state index contributed by atoms with van der Waals surface area (Å²) in [7, 11) is 1.66. The number of hydrogen-bond donors (Lipinski definition) is 1. The van der Waals surface area contributed by atoms with Crippen LogP contribution in [0.2, 0.25) is 0 Å². The fourth-order valence-corrected chi connectivity index (χ4v) is 3.12. The van der Waals surface area contributed by atoms with Crippen LogP contribution in [0.4, 0.5) is 11.6 Å². The molecule has 144 valence electrons. The molecule has 1 saturated heterocycles. The summed E-state index contributed by atoms with van der Waals surface area (Å²) in [5.74, 6) is 1.34. The van der Waals surface area contributed by atoms with E-state index in [4.69, 9.17) is 4.74 Å². The molecule has 1 aliphatic rings. The van der Waals surface area contributed by atoms with Crippen molar-refractivity contribution in [3.8, 4) is 5.75 Å². The van der Waals surface area contributed by atoms with Gasteiger partial charge in [0.25, 0.3) is 5.91 Å². The van der Waals surface area contributed by atoms with Crippen molar-refractivity contribution in [2.45, 2.75) is 20.3 Å². The second-order valence-corrected chi connectivity index (χ2v) is 6.62. The summed E-state index contributed by atoms with van der Waals surface area (Å²) in [6, 6.07) is 9.78. The first kappa shape index (κ1) is 18.9. The van der Waals surface area contributed by atoms with Gasteiger partial charge in [-0.2, -0.15) is 0 Å². The predicted molar refractivity (Wildman–Crippen MR) is 107 cm³/mol. The van der Waals surface area contributed by atoms with Crippen molar-refractivity contribution < 1.29 is 9.53 Å². The van der Waals surface area contributed by atoms with Gasteiger partial charge in [0.15, 0.2) is 0 Å². The SMILES string of the molecule is CCCNc1nc(C)cc(C(=O)N2CCN(c3ccc(OC)cc3)CC2)n1. The van der Waals surface area contributed by atoms with E-state index in [0.29, 0.717) is 24.7 Å². The normalized spacial score (nSPS) is 14.2. The van der Waals surface area contributed by atoms with Crippen LogP contribution in [0.15, 0.2) is 30.3 Å². The number of rotatable bonds is 6. The van der Waals surface area contributed by atoms with Crippen LogP contribution < -0.4 is 15.0 Å². The first-order valence-electron chi connectivity index (χ1n) is 9.38. The highest BCUT2D eigenvalue weighted by Crippen LogP contribution is 2.21. The molecule has 0 spiro atoms. The average molecular weight is 369 g/mol. The number of ether oxygens (including phenoxy) is 1. The Morgan fingerprint density at radius 1 is 1.15 bits per heavy atom. The van der Waals surface area contributed by atoms with Crippen LogP contribution in [-0.4, -0.2) is 60.6 Å². The van der Waals surface area contributed by atoms with Gasteiger partial charge in [0.2, 0.25) is 5.95 Å². The maximum Gasteiger partial charge on any atom is 0.272 e. The molecule has 1 N–H and O–H groups in total. The minimum Gasteiger partial charge on any atom is -0.497 e. The largest absolute Gasteiger partial charge is 0.497 e. The van der Waals surface area contributed by atoms with Crippen molar-refractivity contribution in [3.05, 3.63) is 41.7 Å². The molecule has 0 saturated carbocycles. The van der Waals surface area contributed by atoms with Crippen LogP contribution in [0.5, 0.6) is 5.75 Å². The number of aryl methyl sites for hydroxylation is 1. The van der Waals surface area contributed by atoms with Crippen molar-refractivity contribution in [2.75, 3.05) is 50.1 Å². The predicted octanol–water partition coefficient (Wildman–Crippen LogP) is 2.58. The lowest BCUT2D eigenvalue weighted by molar-refractivity contribution is 0.0740. The number of amides is 1. The molecule has 0 aliphatic carbocycles. The summed E-state index contributed by atoms with van der Waals surface area (Å²) < 4.78 is 5.21. The van der Waals surface area contributed by atoms with E-state index in [9.17, 15) is 4.79 Å². The van der Waals surface area contributed by atoms with E-state index in [0.717, 1.165) is 43.2 Å². The van der Waals surface area contributed by atoms with Crippen molar-refractivity contribution in [1.29, 1.82) is 0 Å². The second-order valence-electron chi connectivity index (χ2n) is 6.62. The number of piperazine rings is 1. The summed E-state index contributed by atoms with van der Waals surface area (Å²) in [5, 5.41) is 3.16. The van der Waals surface area contributed by atoms with Gasteiger partial charge >= 0.3 is 0 Å². The van der Waals surface area contributed by atoms with E-state index in [-0.39, 0.29) is 5.91 Å². The zero-order valence-electron chi connectivity index (χ0n) is 16.2. The van der Waals surface area contributed by atoms with Gasteiger partial charge in [-0.05, 0) is 43.7 Å². The molecule has 7 heteroatoms. The Morgan fingerprint density at radius 2 is 1.85 bits per heavy atom. The molecule has 2 aromatic rings. The maximum atomic E-state index is 12.9. The monoisotopic (exact) mass is 369 g/mol. The van der Waals surface area contributed by atoms with Gasteiger partial charge in [0.1, 0.15) is 11.4 Å². The number of benzene rings is 1. The highest BCUT2D eigenvalue weighted by atomic mass is 16.5. The van der Waals surface area contributed by atoms with Crippen LogP contribution in [-0.2, 0) is 0 Å². The number of carbonyl (C=O) groups excluding carboxylic acids is 1. The summed E-state index contributed by atoms with van der Waals surface area (Å²) in [6.45, 7) is 7.69. The zero-order chi connectivity index (χ0) is 19.2. The van der Waals surface area contributed by atoms with Gasteiger partial charge in [0.05, 0.1) is 7.11 Å². The molecule has 27 heavy (non-hydrogen) atoms. The molecule has 0 unspecified atom stereocenters. The van der Waals surface area contributed by atoms with E-state index in [1.54, 1.807) is 13.2 Å². The lowest BCUT2D eigenvalue weighted by Crippen LogP contribution is -2.49. The third-order valence-electron chi connectivity index (χ3n) is 4.61. The molecule has 0 bridgehead atoms. The molecule has 3 rings (SSSR count). The van der Waals surface area contributed by atoms with Gasteiger partial charge in [-0.1, -0.05) is 6.92 Å². The molecular weight excluding hydrogens is 342 g/mol. The van der Waals surface area contributed by atoms with E-state index >= 15 is 0 Å². The Kier molecular flexibility index (Phi) is 6.11. The Morgan fingerprint density at radius 3 is 2.48 bits per heavy atom. The number of hydrogen-bond acceptors (Lipinski definition) is 6. The van der Waals surface area contributed by atoms with Gasteiger partial charge < -0.3 is 19.9 Å². The molecule has 1 aliphatic heterocycles. The Labute approximate surface area is 160 Å². The van der Waals surface area contributed by atoms with Gasteiger partial charge in [-0.15, -0.1) is 0 Å². The smallest absolute Gasteiger partial charge is 0.272 e. The molecule has 2 heterocycles. The fourth-order valence-electron chi connectivity index (χ4n) is 3.12. The zero-order valence-corrected chi connectivity index (χ0v) is 16.2. The van der Waals surface area contributed by atoms with E-state index in [1.807, 2.05) is 24.0 Å². The minimum atomic E-state index is -0.0329. The van der Waals surface area contributed by atoms with Crippen LogP contribution in [0, 0.1) is 6.92 Å². The van der Waals surface area contributed by atoms with Crippen LogP contribution in [0.25, 0.3) is 0 Å². The molecule has 1 amide bonds. The minimum absolute atomic E-state index is 0.0329. The highest BCUT2D eigenvalue weighted by molar-refractivity contribution is 5.92. The van der Waals surface area contributed by atoms with Crippen molar-refractivity contribution in [3.63, 3.8) is 0 Å². The summed E-state index contributed by atoms with van der Waals surface area (Å²) in [5.41, 5.74) is 2.40. The third kappa shape index (κ3) is 4.67. The maximum absolute atomic E-state index is 12.9. The Bertz CT molecular complexity index is 770. The number of nitrogens with one attached hydrogen (secondary N) is 1. The topological polar surface area (TPSA) is 70.6 Å². The molecule has 0 radical (unpaired) electrons. The molecule has 1 aromatic carbocycles. The molecule has 1 fully saturated rings. The number of anilines is 2. The molecular formula is C20H27N5O2. The van der Waals surface area contributed by atoms with Gasteiger partial charge in [0, 0.05) is 44.1 Å². The average Bonchev–Trinajstić information content (AvgIpc) is 2.71. The lowest BCUT2D eigenvalue weighted by Gasteiger charge is -2.36. The lowest BCUT2D eigenvalue weighted by atomic mass is 10.2. The van der Waals surface area contributed by atoms with Gasteiger partial charge in [-0.25, -0.2) is 9.97 Å². The van der Waals surface area contributed by atoms with E-state index < -0.39 is 0 Å². The van der Waals surface area contributed by atoms with Crippen molar-refractivity contribution in [2.24, 2.45) is 0 Å². The van der Waals surface area contributed by atoms with Crippen molar-refractivity contribution in [1.82, 2.24) is 14.9 Å². The number of carbonyl (C=O) groups is 1. The summed E-state index contributed by atoms with van der Waals surface area (Å²) in [6.07, 6.45) is 0.980. The molecule has 0 atom stereocenters. The van der Waals surface area contributed by atoms with Crippen LogP contribution in [0.1, 0.15) is 29.5 Å². The van der Waals surface area contributed by atoms with Crippen LogP contribution in [0.3, 0.4) is 0 Å². The number of nitrogens with zero attached hydrogens (tertiary/aromatic N) is 4. The number of aromatic nitrogens is 2. The summed E-state index contributed by atoms with van der Waals surface area (Å²) >= 11 is 0. The van der Waals surface area contributed by atoms with Crippen LogP contribution >= 0.6 is 0 Å². The van der Waals surface area contributed by atoms with E-state index in [1.165, 1.54) is 0 Å². The first-order valence-corrected chi connectivity index (χ1v) is 9.38. The Balaban J connectivity index is 1.63. The van der Waals surface area contributed by atoms with Gasteiger partial charge in [-0.3, -0.25) is 4.79 Å². The molecule has 1 aromatic heterocycles. The number of methoxy groups -OCH3 is 1. The standard InChI is InChI=1S/C20H27N5O2/c1-4-9-21-20-22-15(2)14-18(23-20)19(26)25-12-10-24(11-13-25)16-5-7-17(27-3)8-6-16/h5-8,14H,4,9-13H2,1-3H3,(H,21,22,23). The fraction of sp³-hybridized carbons (Fsp3) is 0.450. The van der Waals surface area contributed by atoms with Crippen molar-refractivity contribution >= 4 is 17.5 Å².